The van der Waals surface area contributed by atoms with Crippen molar-refractivity contribution in [1.29, 1.82) is 0 Å². The molecule has 16 heavy (non-hydrogen) atoms. The monoisotopic (exact) mass is 251 g/mol. The quantitative estimate of drug-likeness (QED) is 0.581. The van der Waals surface area contributed by atoms with Gasteiger partial charge in [0.1, 0.15) is 0 Å². The molecule has 1 amide bonds. The number of anilines is 1. The van der Waals surface area contributed by atoms with Gasteiger partial charge in [0, 0.05) is 5.41 Å². The molecule has 1 rings (SSSR count). The molecule has 0 spiro atoms. The first-order valence-electron chi connectivity index (χ1n) is 4.49. The summed E-state index contributed by atoms with van der Waals surface area (Å²) < 4.78 is 0. The molecule has 1 aromatic rings. The number of carbonyl (C=O) groups is 1. The van der Waals surface area contributed by atoms with Crippen molar-refractivity contribution in [2.24, 2.45) is 5.41 Å². The number of amides is 1. The summed E-state index contributed by atoms with van der Waals surface area (Å²) in [5.74, 6) is -0.0999. The maximum atomic E-state index is 11.6. The van der Waals surface area contributed by atoms with Gasteiger partial charge in [0.2, 0.25) is 5.91 Å². The third kappa shape index (κ3) is 4.80. The number of carbonyl (C=O) groups excluding carboxylic acids is 1. The van der Waals surface area contributed by atoms with Gasteiger partial charge in [0.25, 0.3) is 0 Å². The third-order valence-electron chi connectivity index (χ3n) is 1.73. The summed E-state index contributed by atoms with van der Waals surface area (Å²) in [5.41, 5.74) is 0.0373. The summed E-state index contributed by atoms with van der Waals surface area (Å²) in [6, 6.07) is 5.97. The van der Waals surface area contributed by atoms with E-state index in [1.165, 1.54) is 0 Å². The van der Waals surface area contributed by atoms with Crippen LogP contribution in [0.15, 0.2) is 12.1 Å². The molecule has 5 heteroatoms. The minimum absolute atomic E-state index is 0. The summed E-state index contributed by atoms with van der Waals surface area (Å²) in [6.07, 6.45) is 0. The maximum Gasteiger partial charge on any atom is 1.00 e. The van der Waals surface area contributed by atoms with Crippen LogP contribution >= 0.6 is 23.2 Å². The fraction of sp³-hybridized carbons (Fsp3) is 0.364. The Morgan fingerprint density at radius 3 is 2.31 bits per heavy atom. The van der Waals surface area contributed by atoms with Crippen molar-refractivity contribution in [2.45, 2.75) is 20.8 Å². The Morgan fingerprint density at radius 2 is 1.88 bits per heavy atom. The van der Waals surface area contributed by atoms with Crippen LogP contribution in [0.2, 0.25) is 10.0 Å². The smallest absolute Gasteiger partial charge is 0.349 e. The van der Waals surface area contributed by atoms with Gasteiger partial charge in [-0.1, -0.05) is 36.5 Å². The number of halogens is 2. The average molecular weight is 252 g/mol. The van der Waals surface area contributed by atoms with Crippen LogP contribution in [0.5, 0.6) is 0 Å². The van der Waals surface area contributed by atoms with E-state index in [0.29, 0.717) is 15.7 Å². The molecule has 0 unspecified atom stereocenters. The van der Waals surface area contributed by atoms with Crippen LogP contribution in [0.25, 0.3) is 0 Å². The Bertz CT molecular complexity index is 368. The molecule has 82 valence electrons. The van der Waals surface area contributed by atoms with E-state index in [4.69, 9.17) is 23.2 Å². The van der Waals surface area contributed by atoms with Crippen molar-refractivity contribution in [3.05, 3.63) is 28.2 Å². The fourth-order valence-electron chi connectivity index (χ4n) is 0.879. The Hall–Kier alpha value is -0.133. The van der Waals surface area contributed by atoms with Crippen LogP contribution in [-0.2, 0) is 4.79 Å². The minimum Gasteiger partial charge on any atom is -0.349 e. The molecule has 0 atom stereocenters. The summed E-state index contributed by atoms with van der Waals surface area (Å²) >= 11 is 11.5. The Balaban J connectivity index is 0.00000225. The van der Waals surface area contributed by atoms with Gasteiger partial charge in [-0.15, -0.1) is 41.4 Å². The zero-order valence-corrected chi connectivity index (χ0v) is 11.3. The van der Waals surface area contributed by atoms with E-state index < -0.39 is 5.41 Å². The van der Waals surface area contributed by atoms with Crippen LogP contribution in [0.3, 0.4) is 0 Å². The topological polar surface area (TPSA) is 29.1 Å². The molecular formula is C11H12Cl2LiNO. The van der Waals surface area contributed by atoms with Gasteiger partial charge >= 0.3 is 18.9 Å². The van der Waals surface area contributed by atoms with Gasteiger partial charge in [-0.3, -0.25) is 4.79 Å². The van der Waals surface area contributed by atoms with Gasteiger partial charge in [-0.2, -0.15) is 0 Å². The third-order valence-corrected chi connectivity index (χ3v) is 2.15. The largest absolute Gasteiger partial charge is 1.00 e. The van der Waals surface area contributed by atoms with Crippen molar-refractivity contribution in [2.75, 3.05) is 5.32 Å². The molecule has 1 N–H and O–H groups in total. The van der Waals surface area contributed by atoms with Crippen LogP contribution < -0.4 is 24.2 Å². The van der Waals surface area contributed by atoms with Crippen LogP contribution in [-0.4, -0.2) is 5.91 Å². The standard InChI is InChI=1S/C11H12Cl2NO.Li/c1-11(2,3)10(15)14-9-5-7(12)4-8(13)6-9;/h4-5H,1-3H3,(H,14,15);/q-1;+1. The number of nitrogens with one attached hydrogen (secondary N) is 1. The Labute approximate surface area is 118 Å². The fourth-order valence-corrected chi connectivity index (χ4v) is 1.37. The average Bonchev–Trinajstić information content (AvgIpc) is 1.99. The molecule has 0 bridgehead atoms. The van der Waals surface area contributed by atoms with E-state index in [1.807, 2.05) is 20.8 Å². The summed E-state index contributed by atoms with van der Waals surface area (Å²) in [4.78, 5) is 11.6. The maximum absolute atomic E-state index is 11.6. The van der Waals surface area contributed by atoms with Crippen LogP contribution in [0.4, 0.5) is 5.69 Å². The molecule has 0 heterocycles. The van der Waals surface area contributed by atoms with E-state index >= 15 is 0 Å². The zero-order valence-electron chi connectivity index (χ0n) is 9.82. The first-order chi connectivity index (χ1) is 6.79. The van der Waals surface area contributed by atoms with Crippen molar-refractivity contribution in [1.82, 2.24) is 0 Å². The van der Waals surface area contributed by atoms with Crippen molar-refractivity contribution in [3.8, 4) is 0 Å². The normalized spacial score (nSPS) is 10.6. The van der Waals surface area contributed by atoms with Crippen molar-refractivity contribution >= 4 is 34.8 Å². The molecule has 0 aliphatic carbocycles. The van der Waals surface area contributed by atoms with Crippen molar-refractivity contribution < 1.29 is 23.7 Å². The molecule has 0 fully saturated rings. The molecule has 0 aliphatic heterocycles. The second kappa shape index (κ2) is 5.98. The number of benzene rings is 1. The van der Waals surface area contributed by atoms with E-state index in [1.54, 1.807) is 12.1 Å². The van der Waals surface area contributed by atoms with Gasteiger partial charge in [0.15, 0.2) is 0 Å². The first-order valence-corrected chi connectivity index (χ1v) is 5.24. The van der Waals surface area contributed by atoms with E-state index in [9.17, 15) is 4.79 Å². The Morgan fingerprint density at radius 1 is 1.31 bits per heavy atom. The van der Waals surface area contributed by atoms with Gasteiger partial charge < -0.3 is 5.32 Å². The van der Waals surface area contributed by atoms with E-state index in [2.05, 4.69) is 11.4 Å². The number of rotatable bonds is 1. The number of hydrogen-bond donors (Lipinski definition) is 1. The summed E-state index contributed by atoms with van der Waals surface area (Å²) in [6.45, 7) is 5.48. The first kappa shape index (κ1) is 15.9. The molecule has 2 nitrogen and oxygen atoms in total. The Kier molecular flexibility index (Phi) is 5.93. The molecule has 1 aromatic carbocycles. The molecule has 0 radical (unpaired) electrons. The van der Waals surface area contributed by atoms with Crippen LogP contribution in [0.1, 0.15) is 20.8 Å². The predicted molar refractivity (Wildman–Crippen MR) is 63.4 cm³/mol. The van der Waals surface area contributed by atoms with E-state index in [-0.39, 0.29) is 24.8 Å². The molecule has 0 aliphatic rings. The number of hydrogen-bond acceptors (Lipinski definition) is 1. The summed E-state index contributed by atoms with van der Waals surface area (Å²) in [7, 11) is 0. The second-order valence-corrected chi connectivity index (χ2v) is 5.11. The zero-order chi connectivity index (χ0) is 11.6. The van der Waals surface area contributed by atoms with Crippen molar-refractivity contribution in [3.63, 3.8) is 0 Å². The SMILES string of the molecule is CC(C)(C)C(=O)Nc1[c-]c(Cl)cc(Cl)c1.[Li+]. The van der Waals surface area contributed by atoms with Gasteiger partial charge in [-0.05, 0) is 0 Å². The second-order valence-electron chi connectivity index (χ2n) is 4.26. The van der Waals surface area contributed by atoms with Crippen LogP contribution in [0, 0.1) is 11.5 Å². The summed E-state index contributed by atoms with van der Waals surface area (Å²) in [5, 5.41) is 3.56. The van der Waals surface area contributed by atoms with Gasteiger partial charge in [-0.25, -0.2) is 0 Å². The molecule has 0 aromatic heterocycles. The van der Waals surface area contributed by atoms with Gasteiger partial charge in [0.05, 0.1) is 0 Å². The molecule has 0 saturated heterocycles. The predicted octanol–water partition coefficient (Wildman–Crippen LogP) is 0.782. The van der Waals surface area contributed by atoms with E-state index in [0.717, 1.165) is 0 Å². The molecule has 0 saturated carbocycles. The minimum atomic E-state index is -0.456. The molecular weight excluding hydrogens is 240 g/mol.